The van der Waals surface area contributed by atoms with Gasteiger partial charge < -0.3 is 5.32 Å². The van der Waals surface area contributed by atoms with Crippen molar-refractivity contribution in [3.05, 3.63) is 53.6 Å². The number of rotatable bonds is 6. The molecule has 1 N–H and O–H groups in total. The first kappa shape index (κ1) is 24.8. The van der Waals surface area contributed by atoms with Crippen LogP contribution in [0, 0.1) is 6.92 Å². The Kier molecular flexibility index (Phi) is 7.42. The third-order valence-electron chi connectivity index (χ3n) is 6.43. The topological polar surface area (TPSA) is 104 Å². The fourth-order valence-corrected chi connectivity index (χ4v) is 7.79. The second-order valence-corrected chi connectivity index (χ2v) is 12.7. The number of nitrogens with one attached hydrogen (secondary N) is 1. The number of piperidine rings is 2. The Labute approximate surface area is 202 Å². The molecule has 0 spiro atoms. The fraction of sp³-hybridized carbons (Fsp3) is 0.458. The summed E-state index contributed by atoms with van der Waals surface area (Å²) in [7, 11) is -7.32. The molecule has 8 nitrogen and oxygen atoms in total. The van der Waals surface area contributed by atoms with Gasteiger partial charge in [0.2, 0.25) is 20.0 Å². The van der Waals surface area contributed by atoms with E-state index in [1.165, 1.54) is 26.8 Å². The molecule has 2 aliphatic rings. The van der Waals surface area contributed by atoms with Crippen LogP contribution in [-0.4, -0.2) is 57.5 Å². The summed E-state index contributed by atoms with van der Waals surface area (Å²) in [6.07, 6.45) is 5.37. The molecule has 2 aromatic carbocycles. The zero-order valence-electron chi connectivity index (χ0n) is 19.4. The minimum absolute atomic E-state index is 0.0827. The lowest BCUT2D eigenvalue weighted by Gasteiger charge is -2.26. The van der Waals surface area contributed by atoms with E-state index in [1.54, 1.807) is 31.2 Å². The van der Waals surface area contributed by atoms with Crippen LogP contribution in [0.25, 0.3) is 0 Å². The average Bonchev–Trinajstić information content (AvgIpc) is 2.86. The van der Waals surface area contributed by atoms with Gasteiger partial charge >= 0.3 is 0 Å². The highest BCUT2D eigenvalue weighted by molar-refractivity contribution is 7.89. The Morgan fingerprint density at radius 3 is 1.97 bits per heavy atom. The van der Waals surface area contributed by atoms with Gasteiger partial charge in [-0.1, -0.05) is 25.0 Å². The standard InChI is InChI=1S/C24H31N3O5S2/c1-19-11-12-21(18-23(19)34(31,32)27-15-6-3-7-16-27)25-24(28)20-9-8-10-22(17-20)33(29,30)26-13-4-2-5-14-26/h8-12,17-18H,2-7,13-16H2,1H3,(H,25,28). The smallest absolute Gasteiger partial charge is 0.255 e. The van der Waals surface area contributed by atoms with Crippen LogP contribution in [0.4, 0.5) is 5.69 Å². The van der Waals surface area contributed by atoms with E-state index in [9.17, 15) is 21.6 Å². The van der Waals surface area contributed by atoms with Gasteiger partial charge in [0.1, 0.15) is 0 Å². The van der Waals surface area contributed by atoms with E-state index < -0.39 is 26.0 Å². The maximum Gasteiger partial charge on any atom is 0.255 e. The van der Waals surface area contributed by atoms with E-state index in [2.05, 4.69) is 5.32 Å². The van der Waals surface area contributed by atoms with Crippen molar-refractivity contribution in [2.75, 3.05) is 31.5 Å². The summed E-state index contributed by atoms with van der Waals surface area (Å²) in [5, 5.41) is 2.73. The first-order chi connectivity index (χ1) is 16.2. The number of amides is 1. The van der Waals surface area contributed by atoms with Crippen LogP contribution in [0.2, 0.25) is 0 Å². The molecular weight excluding hydrogens is 474 g/mol. The van der Waals surface area contributed by atoms with Crippen LogP contribution in [0.3, 0.4) is 0 Å². The van der Waals surface area contributed by atoms with Gasteiger partial charge in [-0.15, -0.1) is 0 Å². The molecule has 2 saturated heterocycles. The van der Waals surface area contributed by atoms with Gasteiger partial charge in [0, 0.05) is 37.4 Å². The fourth-order valence-electron chi connectivity index (χ4n) is 4.46. The van der Waals surface area contributed by atoms with Crippen molar-refractivity contribution in [3.63, 3.8) is 0 Å². The lowest BCUT2D eigenvalue weighted by Crippen LogP contribution is -2.36. The number of nitrogens with zero attached hydrogens (tertiary/aromatic N) is 2. The monoisotopic (exact) mass is 505 g/mol. The molecule has 0 aliphatic carbocycles. The third kappa shape index (κ3) is 5.19. The number of hydrogen-bond acceptors (Lipinski definition) is 5. The molecule has 34 heavy (non-hydrogen) atoms. The van der Waals surface area contributed by atoms with Crippen LogP contribution in [0.1, 0.15) is 54.4 Å². The summed E-state index contributed by atoms with van der Waals surface area (Å²) >= 11 is 0. The van der Waals surface area contributed by atoms with Gasteiger partial charge in [-0.05, 0) is 68.5 Å². The Hall–Kier alpha value is -2.27. The molecule has 2 heterocycles. The van der Waals surface area contributed by atoms with Gasteiger partial charge in [0.05, 0.1) is 9.79 Å². The van der Waals surface area contributed by atoms with E-state index in [4.69, 9.17) is 0 Å². The molecule has 0 atom stereocenters. The van der Waals surface area contributed by atoms with Crippen molar-refractivity contribution in [2.24, 2.45) is 0 Å². The van der Waals surface area contributed by atoms with Crippen LogP contribution >= 0.6 is 0 Å². The first-order valence-electron chi connectivity index (χ1n) is 11.7. The molecule has 0 radical (unpaired) electrons. The predicted octanol–water partition coefficient (Wildman–Crippen LogP) is 3.60. The average molecular weight is 506 g/mol. The minimum Gasteiger partial charge on any atom is -0.322 e. The van der Waals surface area contributed by atoms with Gasteiger partial charge in [-0.3, -0.25) is 4.79 Å². The Morgan fingerprint density at radius 2 is 1.35 bits per heavy atom. The SMILES string of the molecule is Cc1ccc(NC(=O)c2cccc(S(=O)(=O)N3CCCCC3)c2)cc1S(=O)(=O)N1CCCCC1. The summed E-state index contributed by atoms with van der Waals surface area (Å²) in [5.41, 5.74) is 1.15. The zero-order valence-corrected chi connectivity index (χ0v) is 21.0. The zero-order chi connectivity index (χ0) is 24.3. The number of aryl methyl sites for hydroxylation is 1. The highest BCUT2D eigenvalue weighted by Gasteiger charge is 2.28. The van der Waals surface area contributed by atoms with Gasteiger partial charge in [0.25, 0.3) is 5.91 Å². The number of sulfonamides is 2. The van der Waals surface area contributed by atoms with E-state index >= 15 is 0 Å². The van der Waals surface area contributed by atoms with Crippen molar-refractivity contribution in [1.82, 2.24) is 8.61 Å². The number of anilines is 1. The van der Waals surface area contributed by atoms with Crippen LogP contribution in [0.15, 0.2) is 52.3 Å². The molecule has 4 rings (SSSR count). The van der Waals surface area contributed by atoms with E-state index in [0.717, 1.165) is 38.5 Å². The maximum atomic E-state index is 13.2. The summed E-state index contributed by atoms with van der Waals surface area (Å²) < 4.78 is 55.3. The van der Waals surface area contributed by atoms with Gasteiger partial charge in [-0.2, -0.15) is 8.61 Å². The largest absolute Gasteiger partial charge is 0.322 e. The van der Waals surface area contributed by atoms with Crippen LogP contribution in [0.5, 0.6) is 0 Å². The van der Waals surface area contributed by atoms with E-state index in [-0.39, 0.29) is 15.4 Å². The van der Waals surface area contributed by atoms with Crippen LogP contribution in [-0.2, 0) is 20.0 Å². The molecule has 184 valence electrons. The molecule has 10 heteroatoms. The molecular formula is C24H31N3O5S2. The van der Waals surface area contributed by atoms with Crippen molar-refractivity contribution >= 4 is 31.6 Å². The number of carbonyl (C=O) groups is 1. The Balaban J connectivity index is 1.55. The molecule has 1 amide bonds. The highest BCUT2D eigenvalue weighted by Crippen LogP contribution is 2.27. The normalized spacial score (nSPS) is 18.5. The van der Waals surface area contributed by atoms with Crippen molar-refractivity contribution < 1.29 is 21.6 Å². The molecule has 2 fully saturated rings. The van der Waals surface area contributed by atoms with E-state index in [0.29, 0.717) is 37.4 Å². The number of hydrogen-bond donors (Lipinski definition) is 1. The molecule has 0 aromatic heterocycles. The summed E-state index contributed by atoms with van der Waals surface area (Å²) in [6, 6.07) is 10.8. The minimum atomic E-state index is -3.67. The Bertz CT molecular complexity index is 1260. The van der Waals surface area contributed by atoms with Crippen LogP contribution < -0.4 is 5.32 Å². The van der Waals surface area contributed by atoms with Crippen molar-refractivity contribution in [3.8, 4) is 0 Å². The molecule has 2 aliphatic heterocycles. The molecule has 0 bridgehead atoms. The van der Waals surface area contributed by atoms with Gasteiger partial charge in [-0.25, -0.2) is 16.8 Å². The summed E-state index contributed by atoms with van der Waals surface area (Å²) in [4.78, 5) is 13.2. The molecule has 2 aromatic rings. The van der Waals surface area contributed by atoms with Crippen molar-refractivity contribution in [2.45, 2.75) is 55.2 Å². The quantitative estimate of drug-likeness (QED) is 0.646. The van der Waals surface area contributed by atoms with Gasteiger partial charge in [0.15, 0.2) is 0 Å². The molecule has 0 unspecified atom stereocenters. The predicted molar refractivity (Wildman–Crippen MR) is 131 cm³/mol. The first-order valence-corrected chi connectivity index (χ1v) is 14.6. The lowest BCUT2D eigenvalue weighted by molar-refractivity contribution is 0.102. The second kappa shape index (κ2) is 10.2. The third-order valence-corrected chi connectivity index (χ3v) is 10.4. The van der Waals surface area contributed by atoms with E-state index in [1.807, 2.05) is 0 Å². The number of benzene rings is 2. The Morgan fingerprint density at radius 1 is 0.765 bits per heavy atom. The number of carbonyl (C=O) groups excluding carboxylic acids is 1. The summed E-state index contributed by atoms with van der Waals surface area (Å²) in [5.74, 6) is -0.499. The van der Waals surface area contributed by atoms with Crippen molar-refractivity contribution in [1.29, 1.82) is 0 Å². The lowest BCUT2D eigenvalue weighted by atomic mass is 10.2. The molecule has 0 saturated carbocycles. The highest BCUT2D eigenvalue weighted by atomic mass is 32.2. The second-order valence-electron chi connectivity index (χ2n) is 8.89. The summed E-state index contributed by atoms with van der Waals surface area (Å²) in [6.45, 7) is 3.69. The maximum absolute atomic E-state index is 13.2.